The Kier molecular flexibility index (Phi) is 58.0. The topological polar surface area (TPSA) is 134 Å². The van der Waals surface area contributed by atoms with Crippen LogP contribution in [0.1, 0.15) is 322 Å². The number of nitrogens with two attached hydrogens (primary N) is 1. The maximum atomic E-state index is 12.7. The van der Waals surface area contributed by atoms with E-state index in [1.54, 1.807) is 0 Å². The number of esters is 2. The number of hydrogen-bond acceptors (Lipinski definition) is 8. The van der Waals surface area contributed by atoms with E-state index in [4.69, 9.17) is 24.3 Å². The van der Waals surface area contributed by atoms with Gasteiger partial charge in [0.2, 0.25) is 0 Å². The van der Waals surface area contributed by atoms with Gasteiger partial charge in [0.25, 0.3) is 0 Å². The van der Waals surface area contributed by atoms with Crippen molar-refractivity contribution in [2.45, 2.75) is 328 Å². The Bertz CT molecular complexity index is 1290. The van der Waals surface area contributed by atoms with Gasteiger partial charge in [-0.1, -0.05) is 275 Å². The number of allylic oxidation sites excluding steroid dienone is 6. The van der Waals surface area contributed by atoms with Crippen LogP contribution in [0.5, 0.6) is 0 Å². The van der Waals surface area contributed by atoms with Gasteiger partial charge in [-0.2, -0.15) is 0 Å². The molecule has 0 aliphatic carbocycles. The number of hydrogen-bond donors (Lipinski definition) is 2. The smallest absolute Gasteiger partial charge is 0.462 e. The van der Waals surface area contributed by atoms with Crippen LogP contribution in [-0.2, 0) is 32.7 Å². The quantitative estimate of drug-likeness (QED) is 0.0264. The first-order valence-electron chi connectivity index (χ1n) is 31.5. The lowest BCUT2D eigenvalue weighted by molar-refractivity contribution is -0.161. The fourth-order valence-electron chi connectivity index (χ4n) is 9.31. The molecule has 0 amide bonds. The lowest BCUT2D eigenvalue weighted by Gasteiger charge is -2.19. The minimum absolute atomic E-state index is 0.0543. The van der Waals surface area contributed by atoms with Crippen LogP contribution in [0.15, 0.2) is 36.5 Å². The Hall–Kier alpha value is -1.77. The largest absolute Gasteiger partial charge is 0.472 e. The lowest BCUT2D eigenvalue weighted by Crippen LogP contribution is -2.29. The van der Waals surface area contributed by atoms with Crippen LogP contribution in [0.2, 0.25) is 0 Å². The van der Waals surface area contributed by atoms with Gasteiger partial charge in [-0.3, -0.25) is 18.6 Å². The van der Waals surface area contributed by atoms with E-state index in [2.05, 4.69) is 50.3 Å². The summed E-state index contributed by atoms with van der Waals surface area (Å²) >= 11 is 0. The molecule has 0 aromatic heterocycles. The first-order chi connectivity index (χ1) is 35.8. The van der Waals surface area contributed by atoms with Gasteiger partial charge in [-0.05, 0) is 70.6 Å². The minimum Gasteiger partial charge on any atom is -0.462 e. The van der Waals surface area contributed by atoms with Gasteiger partial charge in [0, 0.05) is 19.4 Å². The number of ether oxygens (including phenoxy) is 2. The number of carbonyl (C=O) groups excluding carboxylic acids is 2. The van der Waals surface area contributed by atoms with E-state index in [9.17, 15) is 19.0 Å². The first kappa shape index (κ1) is 71.2. The summed E-state index contributed by atoms with van der Waals surface area (Å²) < 4.78 is 33.0. The zero-order valence-corrected chi connectivity index (χ0v) is 49.0. The molecule has 2 unspecified atom stereocenters. The molecule has 0 aliphatic rings. The highest BCUT2D eigenvalue weighted by atomic mass is 31.2. The molecule has 0 saturated heterocycles. The fraction of sp³-hybridized carbons (Fsp3) is 0.873. The predicted molar refractivity (Wildman–Crippen MR) is 312 cm³/mol. The molecule has 73 heavy (non-hydrogen) atoms. The molecular formula is C63H120NO8P. The molecule has 0 spiro atoms. The molecule has 0 aromatic rings. The van der Waals surface area contributed by atoms with Crippen LogP contribution < -0.4 is 5.73 Å². The number of carbonyl (C=O) groups is 2. The Morgan fingerprint density at radius 1 is 0.411 bits per heavy atom. The van der Waals surface area contributed by atoms with Gasteiger partial charge in [-0.15, -0.1) is 0 Å². The lowest BCUT2D eigenvalue weighted by atomic mass is 10.0. The van der Waals surface area contributed by atoms with Gasteiger partial charge in [0.05, 0.1) is 13.2 Å². The van der Waals surface area contributed by atoms with Crippen LogP contribution in [0.3, 0.4) is 0 Å². The van der Waals surface area contributed by atoms with Crippen LogP contribution in [0.25, 0.3) is 0 Å². The second-order valence-corrected chi connectivity index (χ2v) is 22.7. The number of phosphoric acid groups is 1. The molecule has 0 heterocycles. The molecular weight excluding hydrogens is 930 g/mol. The van der Waals surface area contributed by atoms with Crippen molar-refractivity contribution in [3.05, 3.63) is 36.5 Å². The molecule has 2 atom stereocenters. The van der Waals surface area contributed by atoms with E-state index in [0.29, 0.717) is 6.42 Å². The Morgan fingerprint density at radius 2 is 0.712 bits per heavy atom. The van der Waals surface area contributed by atoms with E-state index in [1.807, 2.05) is 0 Å². The van der Waals surface area contributed by atoms with Crippen molar-refractivity contribution in [2.75, 3.05) is 26.4 Å². The second-order valence-electron chi connectivity index (χ2n) is 21.3. The van der Waals surface area contributed by atoms with Crippen molar-refractivity contribution in [3.63, 3.8) is 0 Å². The minimum atomic E-state index is -4.38. The molecule has 0 fully saturated rings. The highest BCUT2D eigenvalue weighted by Gasteiger charge is 2.26. The predicted octanol–water partition coefficient (Wildman–Crippen LogP) is 20.0. The van der Waals surface area contributed by atoms with Gasteiger partial charge in [0.15, 0.2) is 6.10 Å². The average molecular weight is 1050 g/mol. The molecule has 0 rings (SSSR count). The number of phosphoric ester groups is 1. The van der Waals surface area contributed by atoms with Gasteiger partial charge >= 0.3 is 19.8 Å². The third-order valence-electron chi connectivity index (χ3n) is 14.0. The van der Waals surface area contributed by atoms with Crippen LogP contribution >= 0.6 is 7.82 Å². The summed E-state index contributed by atoms with van der Waals surface area (Å²) in [7, 11) is -4.38. The molecule has 3 N–H and O–H groups in total. The zero-order chi connectivity index (χ0) is 53.1. The maximum absolute atomic E-state index is 12.7. The second kappa shape index (κ2) is 59.5. The Balaban J connectivity index is 3.77. The molecule has 0 radical (unpaired) electrons. The summed E-state index contributed by atoms with van der Waals surface area (Å²) in [5.74, 6) is -0.822. The fourth-order valence-corrected chi connectivity index (χ4v) is 10.1. The SMILES string of the molecule is CCCCCCC/C=C\C/C=C\CCCCCCCCCCCCCCCCCCCCCCCCCCCC(=O)OC(COC(=O)CCCCCCC/C=C\CCCCCCCC)COP(=O)(O)OCCN. The first-order valence-corrected chi connectivity index (χ1v) is 33.0. The number of unbranched alkanes of at least 4 members (excludes halogenated alkanes) is 41. The van der Waals surface area contributed by atoms with E-state index in [0.717, 1.165) is 57.8 Å². The van der Waals surface area contributed by atoms with Crippen LogP contribution in [0.4, 0.5) is 0 Å². The molecule has 0 bridgehead atoms. The molecule has 0 aromatic carbocycles. The highest BCUT2D eigenvalue weighted by molar-refractivity contribution is 7.47. The third-order valence-corrected chi connectivity index (χ3v) is 15.0. The van der Waals surface area contributed by atoms with Gasteiger partial charge < -0.3 is 20.1 Å². The van der Waals surface area contributed by atoms with Crippen LogP contribution in [0, 0.1) is 0 Å². The van der Waals surface area contributed by atoms with E-state index < -0.39 is 26.5 Å². The normalized spacial score (nSPS) is 13.2. The van der Waals surface area contributed by atoms with E-state index >= 15 is 0 Å². The van der Waals surface area contributed by atoms with Crippen molar-refractivity contribution in [1.29, 1.82) is 0 Å². The third kappa shape index (κ3) is 59.3. The summed E-state index contributed by atoms with van der Waals surface area (Å²) in [6.07, 6.45) is 72.4. The molecule has 0 saturated carbocycles. The summed E-state index contributed by atoms with van der Waals surface area (Å²) in [4.78, 5) is 35.1. The molecule has 9 nitrogen and oxygen atoms in total. The Morgan fingerprint density at radius 3 is 1.05 bits per heavy atom. The average Bonchev–Trinajstić information content (AvgIpc) is 3.38. The van der Waals surface area contributed by atoms with E-state index in [-0.39, 0.29) is 38.6 Å². The maximum Gasteiger partial charge on any atom is 0.472 e. The molecule has 430 valence electrons. The van der Waals surface area contributed by atoms with E-state index in [1.165, 1.54) is 231 Å². The summed E-state index contributed by atoms with van der Waals surface area (Å²) in [5.41, 5.74) is 5.38. The van der Waals surface area contributed by atoms with Gasteiger partial charge in [0.1, 0.15) is 6.61 Å². The van der Waals surface area contributed by atoms with Crippen molar-refractivity contribution in [1.82, 2.24) is 0 Å². The monoisotopic (exact) mass is 1050 g/mol. The van der Waals surface area contributed by atoms with Crippen molar-refractivity contribution in [2.24, 2.45) is 5.73 Å². The van der Waals surface area contributed by atoms with Crippen LogP contribution in [-0.4, -0.2) is 49.3 Å². The molecule has 0 aliphatic heterocycles. The van der Waals surface area contributed by atoms with Crippen molar-refractivity contribution >= 4 is 19.8 Å². The molecule has 10 heteroatoms. The Labute approximate surface area is 452 Å². The number of rotatable bonds is 60. The highest BCUT2D eigenvalue weighted by Crippen LogP contribution is 2.43. The van der Waals surface area contributed by atoms with Crippen molar-refractivity contribution < 1.29 is 37.6 Å². The standard InChI is InChI=1S/C63H120NO8P/c1-3-5-7-9-11-13-15-17-19-20-21-22-23-24-25-26-27-28-29-30-31-32-33-34-35-36-37-38-39-40-42-44-46-48-50-52-54-56-63(66)72-61(60-71-73(67,68)70-58-57-64)59-69-62(65)55-53-51-49-47-45-43-41-18-16-14-12-10-8-6-4-2/h15,17-18,20-21,41,61H,3-14,16,19,22-40,42-60,64H2,1-2H3,(H,67,68)/b17-15-,21-20-,41-18-. The van der Waals surface area contributed by atoms with Gasteiger partial charge in [-0.25, -0.2) is 4.57 Å². The summed E-state index contributed by atoms with van der Waals surface area (Å²) in [6.45, 7) is 3.76. The zero-order valence-electron chi connectivity index (χ0n) is 48.1. The summed E-state index contributed by atoms with van der Waals surface area (Å²) in [5, 5.41) is 0. The van der Waals surface area contributed by atoms with Crippen molar-refractivity contribution in [3.8, 4) is 0 Å². The summed E-state index contributed by atoms with van der Waals surface area (Å²) in [6, 6.07) is 0.